The number of ether oxygens (including phenoxy) is 1. The number of carbonyl (C=O) groups excluding carboxylic acids is 1. The number of benzene rings is 1. The maximum Gasteiger partial charge on any atom is 0.416 e. The van der Waals surface area contributed by atoms with Crippen molar-refractivity contribution >= 4 is 16.9 Å². The van der Waals surface area contributed by atoms with Crippen LogP contribution in [-0.2, 0) is 15.7 Å². The first kappa shape index (κ1) is 17.3. The van der Waals surface area contributed by atoms with Crippen LogP contribution in [0.3, 0.4) is 0 Å². The van der Waals surface area contributed by atoms with Gasteiger partial charge in [-0.2, -0.15) is 13.2 Å². The third-order valence-corrected chi connectivity index (χ3v) is 5.35. The summed E-state index contributed by atoms with van der Waals surface area (Å²) in [6, 6.07) is 3.81. The van der Waals surface area contributed by atoms with Crippen LogP contribution in [0.2, 0.25) is 0 Å². The van der Waals surface area contributed by atoms with Crippen molar-refractivity contribution in [1.29, 1.82) is 0 Å². The van der Waals surface area contributed by atoms with E-state index < -0.39 is 11.7 Å². The SMILES string of the molecule is O=C(C1CCOC1)N1CCC(n2cnc3cc(C(F)(F)F)ccc32)CC1. The molecule has 1 aromatic heterocycles. The minimum Gasteiger partial charge on any atom is -0.381 e. The number of amides is 1. The van der Waals surface area contributed by atoms with Gasteiger partial charge in [0.2, 0.25) is 5.91 Å². The second-order valence-electron chi connectivity index (χ2n) is 6.97. The van der Waals surface area contributed by atoms with Gasteiger partial charge in [0.25, 0.3) is 0 Å². The highest BCUT2D eigenvalue weighted by atomic mass is 19.4. The highest BCUT2D eigenvalue weighted by Crippen LogP contribution is 2.33. The van der Waals surface area contributed by atoms with Crippen molar-refractivity contribution in [2.45, 2.75) is 31.5 Å². The molecule has 4 rings (SSSR count). The fourth-order valence-electron chi connectivity index (χ4n) is 3.85. The molecule has 8 heteroatoms. The summed E-state index contributed by atoms with van der Waals surface area (Å²) in [7, 11) is 0. The summed E-state index contributed by atoms with van der Waals surface area (Å²) < 4.78 is 45.8. The van der Waals surface area contributed by atoms with Gasteiger partial charge in [0.15, 0.2) is 0 Å². The van der Waals surface area contributed by atoms with Gasteiger partial charge in [-0.25, -0.2) is 4.98 Å². The third-order valence-electron chi connectivity index (χ3n) is 5.35. The van der Waals surface area contributed by atoms with Gasteiger partial charge in [-0.1, -0.05) is 0 Å². The van der Waals surface area contributed by atoms with E-state index in [1.54, 1.807) is 6.33 Å². The quantitative estimate of drug-likeness (QED) is 0.819. The molecule has 1 atom stereocenters. The first-order valence-corrected chi connectivity index (χ1v) is 8.84. The number of aromatic nitrogens is 2. The molecule has 2 aliphatic heterocycles. The fourth-order valence-corrected chi connectivity index (χ4v) is 3.85. The van der Waals surface area contributed by atoms with Crippen molar-refractivity contribution in [1.82, 2.24) is 14.5 Å². The molecule has 5 nitrogen and oxygen atoms in total. The predicted octanol–water partition coefficient (Wildman–Crippen LogP) is 3.26. The van der Waals surface area contributed by atoms with Crippen LogP contribution in [0.15, 0.2) is 24.5 Å². The van der Waals surface area contributed by atoms with E-state index in [-0.39, 0.29) is 17.9 Å². The van der Waals surface area contributed by atoms with Crippen molar-refractivity contribution in [3.63, 3.8) is 0 Å². The molecule has 140 valence electrons. The van der Waals surface area contributed by atoms with E-state index in [4.69, 9.17) is 4.74 Å². The van der Waals surface area contributed by atoms with Gasteiger partial charge in [0.1, 0.15) is 0 Å². The number of carbonyl (C=O) groups is 1. The van der Waals surface area contributed by atoms with E-state index >= 15 is 0 Å². The van der Waals surface area contributed by atoms with E-state index in [0.29, 0.717) is 37.3 Å². The van der Waals surface area contributed by atoms with Gasteiger partial charge in [-0.3, -0.25) is 4.79 Å². The van der Waals surface area contributed by atoms with Crippen LogP contribution in [0.25, 0.3) is 11.0 Å². The van der Waals surface area contributed by atoms with Gasteiger partial charge < -0.3 is 14.2 Å². The lowest BCUT2D eigenvalue weighted by Crippen LogP contribution is -2.42. The normalized spacial score (nSPS) is 22.3. The molecule has 1 unspecified atom stereocenters. The predicted molar refractivity (Wildman–Crippen MR) is 88.5 cm³/mol. The number of likely N-dealkylation sites (tertiary alicyclic amines) is 1. The molecule has 2 aliphatic rings. The van der Waals surface area contributed by atoms with Crippen molar-refractivity contribution in [2.24, 2.45) is 5.92 Å². The fraction of sp³-hybridized carbons (Fsp3) is 0.556. The minimum absolute atomic E-state index is 0.0265. The molecule has 0 spiro atoms. The molecule has 0 saturated carbocycles. The number of hydrogen-bond acceptors (Lipinski definition) is 3. The van der Waals surface area contributed by atoms with E-state index in [1.165, 1.54) is 6.07 Å². The van der Waals surface area contributed by atoms with E-state index in [9.17, 15) is 18.0 Å². The first-order valence-electron chi connectivity index (χ1n) is 8.84. The van der Waals surface area contributed by atoms with Crippen LogP contribution in [0.1, 0.15) is 30.9 Å². The van der Waals surface area contributed by atoms with Crippen molar-refractivity contribution in [3.8, 4) is 0 Å². The number of hydrogen-bond donors (Lipinski definition) is 0. The Balaban J connectivity index is 1.47. The Labute approximate surface area is 148 Å². The molecule has 3 heterocycles. The first-order chi connectivity index (χ1) is 12.4. The molecule has 1 aromatic carbocycles. The summed E-state index contributed by atoms with van der Waals surface area (Å²) in [5, 5.41) is 0. The molecule has 0 N–H and O–H groups in total. The molecule has 1 amide bonds. The minimum atomic E-state index is -4.37. The summed E-state index contributed by atoms with van der Waals surface area (Å²) in [4.78, 5) is 18.5. The smallest absolute Gasteiger partial charge is 0.381 e. The zero-order valence-corrected chi connectivity index (χ0v) is 14.2. The Morgan fingerprint density at radius 1 is 1.19 bits per heavy atom. The molecular weight excluding hydrogens is 347 g/mol. The van der Waals surface area contributed by atoms with Crippen LogP contribution < -0.4 is 0 Å². The van der Waals surface area contributed by atoms with E-state index in [1.807, 2.05) is 9.47 Å². The Kier molecular flexibility index (Phi) is 4.38. The standard InChI is InChI=1S/C18H20F3N3O2/c19-18(20,21)13-1-2-16-15(9-13)22-11-24(16)14-3-6-23(7-4-14)17(25)12-5-8-26-10-12/h1-2,9,11-12,14H,3-8,10H2. The van der Waals surface area contributed by atoms with Gasteiger partial charge in [-0.15, -0.1) is 0 Å². The molecule has 0 radical (unpaired) electrons. The van der Waals surface area contributed by atoms with Crippen molar-refractivity contribution in [3.05, 3.63) is 30.1 Å². The highest BCUT2D eigenvalue weighted by molar-refractivity contribution is 5.79. The molecular formula is C18H20F3N3O2. The Morgan fingerprint density at radius 3 is 2.62 bits per heavy atom. The monoisotopic (exact) mass is 367 g/mol. The second kappa shape index (κ2) is 6.57. The lowest BCUT2D eigenvalue weighted by atomic mass is 10.0. The molecule has 2 fully saturated rings. The number of fused-ring (bicyclic) bond motifs is 1. The van der Waals surface area contributed by atoms with Crippen LogP contribution in [0.5, 0.6) is 0 Å². The highest BCUT2D eigenvalue weighted by Gasteiger charge is 2.33. The van der Waals surface area contributed by atoms with Gasteiger partial charge in [0, 0.05) is 25.7 Å². The van der Waals surface area contributed by atoms with Gasteiger partial charge in [0.05, 0.1) is 35.4 Å². The van der Waals surface area contributed by atoms with Crippen molar-refractivity contribution in [2.75, 3.05) is 26.3 Å². The zero-order valence-electron chi connectivity index (χ0n) is 14.2. The molecule has 2 saturated heterocycles. The van der Waals surface area contributed by atoms with Crippen LogP contribution in [-0.4, -0.2) is 46.7 Å². The number of alkyl halides is 3. The summed E-state index contributed by atoms with van der Waals surface area (Å²) in [6.07, 6.45) is -0.435. The number of imidazole rings is 1. The summed E-state index contributed by atoms with van der Waals surface area (Å²) in [5.41, 5.74) is 0.364. The lowest BCUT2D eigenvalue weighted by Gasteiger charge is -2.34. The topological polar surface area (TPSA) is 47.4 Å². The van der Waals surface area contributed by atoms with Crippen LogP contribution in [0, 0.1) is 5.92 Å². The van der Waals surface area contributed by atoms with E-state index in [2.05, 4.69) is 4.98 Å². The average Bonchev–Trinajstić information content (AvgIpc) is 3.30. The average molecular weight is 367 g/mol. The number of nitrogens with zero attached hydrogens (tertiary/aromatic N) is 3. The number of halogens is 3. The third kappa shape index (κ3) is 3.18. The van der Waals surface area contributed by atoms with Gasteiger partial charge >= 0.3 is 6.18 Å². The molecule has 0 bridgehead atoms. The maximum absolute atomic E-state index is 12.8. The molecule has 2 aromatic rings. The summed E-state index contributed by atoms with van der Waals surface area (Å²) >= 11 is 0. The number of piperidine rings is 1. The number of rotatable bonds is 2. The Hall–Kier alpha value is -2.09. The molecule has 0 aliphatic carbocycles. The summed E-state index contributed by atoms with van der Waals surface area (Å²) in [6.45, 7) is 2.46. The maximum atomic E-state index is 12.8. The Bertz CT molecular complexity index is 804. The zero-order chi connectivity index (χ0) is 18.3. The largest absolute Gasteiger partial charge is 0.416 e. The second-order valence-corrected chi connectivity index (χ2v) is 6.97. The van der Waals surface area contributed by atoms with Crippen LogP contribution in [0.4, 0.5) is 13.2 Å². The van der Waals surface area contributed by atoms with Crippen LogP contribution >= 0.6 is 0 Å². The van der Waals surface area contributed by atoms with E-state index in [0.717, 1.165) is 31.4 Å². The van der Waals surface area contributed by atoms with Crippen molar-refractivity contribution < 1.29 is 22.7 Å². The Morgan fingerprint density at radius 2 is 1.96 bits per heavy atom. The summed E-state index contributed by atoms with van der Waals surface area (Å²) in [5.74, 6) is 0.132. The lowest BCUT2D eigenvalue weighted by molar-refractivity contribution is -0.138. The molecule has 26 heavy (non-hydrogen) atoms. The van der Waals surface area contributed by atoms with Gasteiger partial charge in [-0.05, 0) is 37.5 Å².